The van der Waals surface area contributed by atoms with E-state index in [1.807, 2.05) is 4.98 Å². The number of rotatable bonds is 4. The van der Waals surface area contributed by atoms with Gasteiger partial charge in [-0.2, -0.15) is 18.4 Å². The third-order valence-corrected chi connectivity index (χ3v) is 2.94. The Labute approximate surface area is 136 Å². The molecule has 0 saturated heterocycles. The molecule has 0 aliphatic rings. The van der Waals surface area contributed by atoms with E-state index < -0.39 is 52.2 Å². The molecule has 11 heteroatoms. The smallest absolute Gasteiger partial charge is 0.437 e. The van der Waals surface area contributed by atoms with Crippen LogP contribution in [0.15, 0.2) is 23.3 Å². The van der Waals surface area contributed by atoms with Crippen molar-refractivity contribution in [2.24, 2.45) is 0 Å². The summed E-state index contributed by atoms with van der Waals surface area (Å²) in [4.78, 5) is 16.6. The Kier molecular flexibility index (Phi) is 4.92. The largest absolute Gasteiger partial charge is 0.492 e. The molecule has 0 radical (unpaired) electrons. The number of halogens is 5. The average Bonchev–Trinajstić information content (AvgIpc) is 2.54. The van der Waals surface area contributed by atoms with Crippen molar-refractivity contribution >= 4 is 0 Å². The Hall–Kier alpha value is -3.16. The van der Waals surface area contributed by atoms with Gasteiger partial charge < -0.3 is 14.5 Å². The molecule has 2 aromatic rings. The second-order valence-corrected chi connectivity index (χ2v) is 4.52. The number of H-pyrrole nitrogens is 1. The molecule has 0 bridgehead atoms. The van der Waals surface area contributed by atoms with Crippen LogP contribution in [0.5, 0.6) is 17.2 Å². The first kappa shape index (κ1) is 18.2. The fourth-order valence-electron chi connectivity index (χ4n) is 1.91. The molecule has 1 heterocycles. The van der Waals surface area contributed by atoms with Gasteiger partial charge >= 0.3 is 6.18 Å². The molecule has 2 rings (SSSR count). The summed E-state index contributed by atoms with van der Waals surface area (Å²) in [6, 6.07) is 3.04. The molecule has 132 valence electrons. The molecule has 1 aromatic heterocycles. The lowest BCUT2D eigenvalue weighted by Gasteiger charge is -2.15. The summed E-state index contributed by atoms with van der Waals surface area (Å²) in [5.74, 6) is -2.31. The minimum Gasteiger partial charge on any atom is -0.492 e. The number of alkyl halides is 5. The number of hydrogen-bond acceptors (Lipinski definition) is 5. The Morgan fingerprint density at radius 3 is 2.48 bits per heavy atom. The predicted octanol–water partition coefficient (Wildman–Crippen LogP) is 3.40. The van der Waals surface area contributed by atoms with Crippen molar-refractivity contribution < 1.29 is 31.4 Å². The average molecular weight is 361 g/mol. The third kappa shape index (κ3) is 3.68. The molecular weight excluding hydrogens is 353 g/mol. The number of methoxy groups -OCH3 is 1. The molecule has 6 nitrogen and oxygen atoms in total. The van der Waals surface area contributed by atoms with E-state index in [1.165, 1.54) is 0 Å². The number of nitriles is 1. The SMILES string of the molecule is COc1c(C#N)cc(C(F)F)cc1Oc1c(C(F)(F)F)nc[nH]c1=O. The van der Waals surface area contributed by atoms with Crippen LogP contribution < -0.4 is 15.0 Å². The number of hydrogen-bond donors (Lipinski definition) is 1. The van der Waals surface area contributed by atoms with Gasteiger partial charge in [-0.05, 0) is 12.1 Å². The third-order valence-electron chi connectivity index (χ3n) is 2.94. The first-order valence-corrected chi connectivity index (χ1v) is 6.42. The monoisotopic (exact) mass is 361 g/mol. The fourth-order valence-corrected chi connectivity index (χ4v) is 1.91. The highest BCUT2D eigenvalue weighted by Gasteiger charge is 2.38. The number of aromatic amines is 1. The van der Waals surface area contributed by atoms with Crippen molar-refractivity contribution in [3.8, 4) is 23.3 Å². The Balaban J connectivity index is 2.68. The Bertz CT molecular complexity index is 887. The number of ether oxygens (including phenoxy) is 2. The molecule has 0 amide bonds. The van der Waals surface area contributed by atoms with Crippen LogP contribution in [0, 0.1) is 11.3 Å². The van der Waals surface area contributed by atoms with Crippen LogP contribution in [0.1, 0.15) is 23.2 Å². The van der Waals surface area contributed by atoms with Gasteiger partial charge in [0.05, 0.1) is 19.0 Å². The molecule has 0 unspecified atom stereocenters. The van der Waals surface area contributed by atoms with Gasteiger partial charge in [-0.15, -0.1) is 0 Å². The van der Waals surface area contributed by atoms with Gasteiger partial charge in [0, 0.05) is 5.56 Å². The van der Waals surface area contributed by atoms with Crippen LogP contribution in [-0.4, -0.2) is 17.1 Å². The zero-order valence-electron chi connectivity index (χ0n) is 12.3. The zero-order chi connectivity index (χ0) is 18.8. The maximum atomic E-state index is 13.0. The molecular formula is C14H8F5N3O3. The highest BCUT2D eigenvalue weighted by atomic mass is 19.4. The van der Waals surface area contributed by atoms with E-state index in [0.717, 1.165) is 13.2 Å². The van der Waals surface area contributed by atoms with Crippen LogP contribution in [0.2, 0.25) is 0 Å². The van der Waals surface area contributed by atoms with Crippen molar-refractivity contribution in [3.05, 3.63) is 45.6 Å². The van der Waals surface area contributed by atoms with Gasteiger partial charge in [0.15, 0.2) is 17.2 Å². The highest BCUT2D eigenvalue weighted by molar-refractivity contribution is 5.56. The topological polar surface area (TPSA) is 88.0 Å². The number of benzene rings is 1. The van der Waals surface area contributed by atoms with Crippen molar-refractivity contribution in [2.45, 2.75) is 12.6 Å². The summed E-state index contributed by atoms with van der Waals surface area (Å²) in [5.41, 5.74) is -4.03. The van der Waals surface area contributed by atoms with Gasteiger partial charge in [-0.25, -0.2) is 13.8 Å². The molecule has 0 aliphatic heterocycles. The Morgan fingerprint density at radius 2 is 1.96 bits per heavy atom. The van der Waals surface area contributed by atoms with Crippen molar-refractivity contribution in [3.63, 3.8) is 0 Å². The summed E-state index contributed by atoms with van der Waals surface area (Å²) >= 11 is 0. The molecule has 1 aromatic carbocycles. The van der Waals surface area contributed by atoms with E-state index in [-0.39, 0.29) is 0 Å². The quantitative estimate of drug-likeness (QED) is 0.844. The first-order valence-electron chi connectivity index (χ1n) is 6.42. The predicted molar refractivity (Wildman–Crippen MR) is 72.6 cm³/mol. The molecule has 25 heavy (non-hydrogen) atoms. The van der Waals surface area contributed by atoms with Crippen LogP contribution in [-0.2, 0) is 6.18 Å². The van der Waals surface area contributed by atoms with Crippen molar-refractivity contribution in [1.82, 2.24) is 9.97 Å². The lowest BCUT2D eigenvalue weighted by molar-refractivity contribution is -0.142. The van der Waals surface area contributed by atoms with E-state index in [2.05, 4.69) is 4.98 Å². The number of nitrogens with one attached hydrogen (secondary N) is 1. The van der Waals surface area contributed by atoms with Gasteiger partial charge in [-0.3, -0.25) is 4.79 Å². The summed E-state index contributed by atoms with van der Waals surface area (Å²) in [5, 5.41) is 8.99. The molecule has 1 N–H and O–H groups in total. The maximum Gasteiger partial charge on any atom is 0.437 e. The summed E-state index contributed by atoms with van der Waals surface area (Å²) < 4.78 is 74.5. The zero-order valence-corrected chi connectivity index (χ0v) is 12.3. The number of nitrogens with zero attached hydrogens (tertiary/aromatic N) is 2. The summed E-state index contributed by atoms with van der Waals surface area (Å²) in [6.45, 7) is 0. The summed E-state index contributed by atoms with van der Waals surface area (Å²) in [7, 11) is 1.06. The van der Waals surface area contributed by atoms with Crippen LogP contribution in [0.25, 0.3) is 0 Å². The molecule has 0 atom stereocenters. The molecule has 0 aliphatic carbocycles. The Morgan fingerprint density at radius 1 is 1.28 bits per heavy atom. The lowest BCUT2D eigenvalue weighted by atomic mass is 10.1. The van der Waals surface area contributed by atoms with Crippen LogP contribution >= 0.6 is 0 Å². The maximum absolute atomic E-state index is 13.0. The van der Waals surface area contributed by atoms with Crippen LogP contribution in [0.4, 0.5) is 22.0 Å². The lowest BCUT2D eigenvalue weighted by Crippen LogP contribution is -2.19. The minimum absolute atomic E-state index is 0.399. The first-order chi connectivity index (χ1) is 11.7. The van der Waals surface area contributed by atoms with Gasteiger partial charge in [0.1, 0.15) is 6.07 Å². The van der Waals surface area contributed by atoms with E-state index in [4.69, 9.17) is 14.7 Å². The van der Waals surface area contributed by atoms with Gasteiger partial charge in [-0.1, -0.05) is 0 Å². The molecule has 0 fully saturated rings. The molecule has 0 spiro atoms. The number of aromatic nitrogens is 2. The fraction of sp³-hybridized carbons (Fsp3) is 0.214. The van der Waals surface area contributed by atoms with Gasteiger partial charge in [0.25, 0.3) is 12.0 Å². The van der Waals surface area contributed by atoms with Crippen molar-refractivity contribution in [1.29, 1.82) is 5.26 Å². The normalized spacial score (nSPS) is 11.3. The van der Waals surface area contributed by atoms with E-state index in [1.54, 1.807) is 6.07 Å². The van der Waals surface area contributed by atoms with Crippen LogP contribution in [0.3, 0.4) is 0 Å². The summed E-state index contributed by atoms with van der Waals surface area (Å²) in [6.07, 6.45) is -7.55. The second kappa shape index (κ2) is 6.76. The van der Waals surface area contributed by atoms with Crippen molar-refractivity contribution in [2.75, 3.05) is 7.11 Å². The van der Waals surface area contributed by atoms with Gasteiger partial charge in [0.2, 0.25) is 5.75 Å². The highest BCUT2D eigenvalue weighted by Crippen LogP contribution is 2.40. The van der Waals surface area contributed by atoms with E-state index in [0.29, 0.717) is 12.4 Å². The minimum atomic E-state index is -5.03. The standard InChI is InChI=1S/C14H8F5N3O3/c1-24-9-7(4-20)2-6(12(15)16)3-8(9)25-10-11(14(17,18)19)21-5-22-13(10)23/h2-3,5,12H,1H3,(H,21,22,23). The van der Waals surface area contributed by atoms with E-state index in [9.17, 15) is 26.7 Å². The van der Waals surface area contributed by atoms with E-state index >= 15 is 0 Å². The second-order valence-electron chi connectivity index (χ2n) is 4.52. The molecule has 0 saturated carbocycles.